The summed E-state index contributed by atoms with van der Waals surface area (Å²) >= 11 is 0. The van der Waals surface area contributed by atoms with E-state index in [1.54, 1.807) is 23.1 Å². The number of carbonyl (C=O) groups is 1. The number of carbonyl (C=O) groups excluding carboxylic acids is 1. The van der Waals surface area contributed by atoms with Gasteiger partial charge in [-0.2, -0.15) is 0 Å². The third-order valence-electron chi connectivity index (χ3n) is 5.17. The molecular formula is C18H16BF3NO2-. The van der Waals surface area contributed by atoms with Crippen LogP contribution in [-0.2, 0) is 12.0 Å². The van der Waals surface area contributed by atoms with Crippen LogP contribution in [0.4, 0.5) is 12.9 Å². The minimum absolute atomic E-state index is 0.0646. The number of nitrogens with zero attached hydrogens (tertiary/aromatic N) is 1. The molecular weight excluding hydrogens is 330 g/mol. The average Bonchev–Trinajstić information content (AvgIpc) is 3.34. The molecule has 0 radical (unpaired) electrons. The number of benzene rings is 2. The molecule has 0 atom stereocenters. The van der Waals surface area contributed by atoms with Crippen LogP contribution in [0.2, 0.25) is 0 Å². The number of rotatable bonds is 2. The van der Waals surface area contributed by atoms with Gasteiger partial charge in [0.1, 0.15) is 5.75 Å². The van der Waals surface area contributed by atoms with E-state index in [0.29, 0.717) is 13.1 Å². The monoisotopic (exact) mass is 346 g/mol. The highest BCUT2D eigenvalue weighted by atomic mass is 19.4. The molecule has 130 valence electrons. The Morgan fingerprint density at radius 2 is 1.88 bits per heavy atom. The molecule has 1 heterocycles. The van der Waals surface area contributed by atoms with Crippen LogP contribution in [-0.4, -0.2) is 29.4 Å². The lowest BCUT2D eigenvalue weighted by molar-refractivity contribution is 0.0709. The van der Waals surface area contributed by atoms with Crippen LogP contribution < -0.4 is 5.46 Å². The highest BCUT2D eigenvalue weighted by Gasteiger charge is 2.50. The molecule has 0 unspecified atom stereocenters. The van der Waals surface area contributed by atoms with E-state index in [-0.39, 0.29) is 22.6 Å². The van der Waals surface area contributed by atoms with Gasteiger partial charge in [-0.05, 0) is 42.2 Å². The standard InChI is InChI=1S/C18H16BF3NO2/c20-19(21,22)14-3-1-2-12(8-14)17(25)23-10-13-4-5-15(24)9-16(13)18(11-23)6-7-18/h1-5,8-9,24H,6-7,10-11H2/q-1. The largest absolute Gasteiger partial charge is 0.509 e. The first-order valence-corrected chi connectivity index (χ1v) is 8.20. The number of halogens is 3. The summed E-state index contributed by atoms with van der Waals surface area (Å²) in [6, 6.07) is 9.76. The molecule has 1 amide bonds. The lowest BCUT2D eigenvalue weighted by Crippen LogP contribution is -2.42. The van der Waals surface area contributed by atoms with Gasteiger partial charge in [-0.3, -0.25) is 4.79 Å². The molecule has 1 fully saturated rings. The predicted molar refractivity (Wildman–Crippen MR) is 88.9 cm³/mol. The lowest BCUT2D eigenvalue weighted by Gasteiger charge is -2.35. The van der Waals surface area contributed by atoms with Crippen molar-refractivity contribution < 1.29 is 22.8 Å². The van der Waals surface area contributed by atoms with E-state index in [1.807, 2.05) is 0 Å². The third kappa shape index (κ3) is 2.77. The Bertz CT molecular complexity index is 862. The zero-order valence-corrected chi connectivity index (χ0v) is 13.4. The molecule has 4 rings (SSSR count). The van der Waals surface area contributed by atoms with Crippen LogP contribution in [0.3, 0.4) is 0 Å². The number of phenols is 1. The van der Waals surface area contributed by atoms with Crippen LogP contribution in [0.15, 0.2) is 42.5 Å². The molecule has 3 nitrogen and oxygen atoms in total. The Hall–Kier alpha value is -2.44. The topological polar surface area (TPSA) is 40.5 Å². The maximum Gasteiger partial charge on any atom is 0.509 e. The second kappa shape index (κ2) is 5.28. The summed E-state index contributed by atoms with van der Waals surface area (Å²) in [5.74, 6) is -0.184. The van der Waals surface area contributed by atoms with Gasteiger partial charge in [0.2, 0.25) is 0 Å². The van der Waals surface area contributed by atoms with Gasteiger partial charge in [-0.25, -0.2) is 0 Å². The van der Waals surface area contributed by atoms with E-state index in [0.717, 1.165) is 36.1 Å². The normalized spacial score (nSPS) is 18.1. The van der Waals surface area contributed by atoms with Gasteiger partial charge in [-0.15, -0.1) is 5.46 Å². The summed E-state index contributed by atoms with van der Waals surface area (Å²) in [6.45, 7) is -4.31. The number of amides is 1. The number of phenolic OH excluding ortho intramolecular Hbond substituents is 1. The van der Waals surface area contributed by atoms with E-state index in [2.05, 4.69) is 0 Å². The first-order valence-electron chi connectivity index (χ1n) is 8.20. The quantitative estimate of drug-likeness (QED) is 0.849. The van der Waals surface area contributed by atoms with Gasteiger partial charge >= 0.3 is 6.98 Å². The summed E-state index contributed by atoms with van der Waals surface area (Å²) < 4.78 is 38.9. The first-order chi connectivity index (χ1) is 11.8. The van der Waals surface area contributed by atoms with Crippen molar-refractivity contribution in [1.29, 1.82) is 0 Å². The van der Waals surface area contributed by atoms with E-state index in [4.69, 9.17) is 0 Å². The summed E-state index contributed by atoms with van der Waals surface area (Å²) in [6.07, 6.45) is 1.83. The first kappa shape index (κ1) is 16.1. The van der Waals surface area contributed by atoms with Crippen LogP contribution in [0.1, 0.15) is 34.3 Å². The van der Waals surface area contributed by atoms with Crippen molar-refractivity contribution in [3.8, 4) is 5.75 Å². The average molecular weight is 346 g/mol. The van der Waals surface area contributed by atoms with Crippen LogP contribution in [0.25, 0.3) is 0 Å². The minimum Gasteiger partial charge on any atom is -0.508 e. The van der Waals surface area contributed by atoms with Crippen LogP contribution in [0, 0.1) is 0 Å². The van der Waals surface area contributed by atoms with Gasteiger partial charge in [0.25, 0.3) is 5.91 Å². The van der Waals surface area contributed by atoms with E-state index in [9.17, 15) is 22.8 Å². The number of hydrogen-bond donors (Lipinski definition) is 1. The number of fused-ring (bicyclic) bond motifs is 2. The summed E-state index contributed by atoms with van der Waals surface area (Å²) in [5, 5.41) is 9.72. The van der Waals surface area contributed by atoms with Crippen molar-refractivity contribution in [1.82, 2.24) is 4.90 Å². The Morgan fingerprint density at radius 1 is 1.12 bits per heavy atom. The molecule has 1 aliphatic heterocycles. The van der Waals surface area contributed by atoms with Crippen molar-refractivity contribution >= 4 is 18.3 Å². The van der Waals surface area contributed by atoms with Crippen molar-refractivity contribution in [2.45, 2.75) is 24.8 Å². The fourth-order valence-corrected chi connectivity index (χ4v) is 3.69. The molecule has 0 bridgehead atoms. The summed E-state index contributed by atoms with van der Waals surface area (Å²) in [7, 11) is 0. The fraction of sp³-hybridized carbons (Fsp3) is 0.278. The molecule has 2 aromatic rings. The van der Waals surface area contributed by atoms with Gasteiger partial charge in [0, 0.05) is 24.1 Å². The van der Waals surface area contributed by atoms with E-state index < -0.39 is 12.4 Å². The van der Waals surface area contributed by atoms with Gasteiger partial charge < -0.3 is 23.0 Å². The highest BCUT2D eigenvalue weighted by molar-refractivity contribution is 6.73. The van der Waals surface area contributed by atoms with Crippen LogP contribution >= 0.6 is 0 Å². The molecule has 25 heavy (non-hydrogen) atoms. The smallest absolute Gasteiger partial charge is 0.508 e. The fourth-order valence-electron chi connectivity index (χ4n) is 3.69. The molecule has 1 aliphatic carbocycles. The molecule has 0 aromatic heterocycles. The Balaban J connectivity index is 1.65. The van der Waals surface area contributed by atoms with Crippen molar-refractivity contribution in [3.05, 3.63) is 59.2 Å². The summed E-state index contributed by atoms with van der Waals surface area (Å²) in [5.41, 5.74) is 1.16. The zero-order valence-electron chi connectivity index (χ0n) is 13.4. The molecule has 7 heteroatoms. The SMILES string of the molecule is O=C(c1cccc([B-](F)(F)F)c1)N1Cc2ccc(O)cc2C2(CC2)C1. The predicted octanol–water partition coefficient (Wildman–Crippen LogP) is 3.13. The Kier molecular flexibility index (Phi) is 3.39. The van der Waals surface area contributed by atoms with Gasteiger partial charge in [-0.1, -0.05) is 24.3 Å². The van der Waals surface area contributed by atoms with E-state index in [1.165, 1.54) is 12.1 Å². The summed E-state index contributed by atoms with van der Waals surface area (Å²) in [4.78, 5) is 14.4. The third-order valence-corrected chi connectivity index (χ3v) is 5.17. The maximum absolute atomic E-state index is 13.0. The molecule has 0 saturated heterocycles. The highest BCUT2D eigenvalue weighted by Crippen LogP contribution is 2.53. The second-order valence-corrected chi connectivity index (χ2v) is 6.98. The minimum atomic E-state index is -5.13. The zero-order chi connectivity index (χ0) is 17.8. The number of hydrogen-bond acceptors (Lipinski definition) is 2. The van der Waals surface area contributed by atoms with E-state index >= 15 is 0 Å². The molecule has 2 aliphatic rings. The maximum atomic E-state index is 13.0. The molecule has 2 aromatic carbocycles. The van der Waals surface area contributed by atoms with Crippen molar-refractivity contribution in [2.75, 3.05) is 6.54 Å². The van der Waals surface area contributed by atoms with Gasteiger partial charge in [0.05, 0.1) is 0 Å². The van der Waals surface area contributed by atoms with Crippen molar-refractivity contribution in [2.24, 2.45) is 0 Å². The molecule has 1 saturated carbocycles. The molecule has 1 spiro atoms. The van der Waals surface area contributed by atoms with Gasteiger partial charge in [0.15, 0.2) is 0 Å². The second-order valence-electron chi connectivity index (χ2n) is 6.98. The van der Waals surface area contributed by atoms with Crippen molar-refractivity contribution in [3.63, 3.8) is 0 Å². The Morgan fingerprint density at radius 3 is 2.56 bits per heavy atom. The number of aromatic hydroxyl groups is 1. The van der Waals surface area contributed by atoms with Crippen LogP contribution in [0.5, 0.6) is 5.75 Å². The lowest BCUT2D eigenvalue weighted by atomic mass is 9.79. The Labute approximate surface area is 143 Å². The molecule has 1 N–H and O–H groups in total.